The molecule has 1 N–H and O–H groups in total. The summed E-state index contributed by atoms with van der Waals surface area (Å²) in [7, 11) is 1.46. The molecule has 0 bridgehead atoms. The molecule has 20 heavy (non-hydrogen) atoms. The molecule has 1 saturated carbocycles. The van der Waals surface area contributed by atoms with E-state index in [4.69, 9.17) is 9.47 Å². The van der Waals surface area contributed by atoms with Crippen LogP contribution in [0.15, 0.2) is 0 Å². The molecule has 1 aliphatic rings. The van der Waals surface area contributed by atoms with Gasteiger partial charge in [-0.2, -0.15) is 0 Å². The molecule has 0 aromatic heterocycles. The van der Waals surface area contributed by atoms with Crippen LogP contribution in [0.3, 0.4) is 0 Å². The molecule has 4 nitrogen and oxygen atoms in total. The van der Waals surface area contributed by atoms with E-state index in [2.05, 4.69) is 12.2 Å². The van der Waals surface area contributed by atoms with E-state index >= 15 is 0 Å². The first-order valence-electron chi connectivity index (χ1n) is 8.06. The molecule has 1 rings (SSSR count). The quantitative estimate of drug-likeness (QED) is 0.442. The second-order valence-electron chi connectivity index (χ2n) is 6.02. The molecule has 0 aromatic carbocycles. The van der Waals surface area contributed by atoms with Crippen LogP contribution in [0.1, 0.15) is 65.2 Å². The smallest absolute Gasteiger partial charge is 0.325 e. The fourth-order valence-corrected chi connectivity index (χ4v) is 2.40. The number of hydrogen-bond donors (Lipinski definition) is 1. The Bertz CT molecular complexity index is 279. The minimum atomic E-state index is -0.554. The van der Waals surface area contributed by atoms with E-state index in [-0.39, 0.29) is 5.97 Å². The van der Waals surface area contributed by atoms with Crippen LogP contribution in [0.2, 0.25) is 0 Å². The van der Waals surface area contributed by atoms with Crippen molar-refractivity contribution >= 4 is 5.97 Å². The van der Waals surface area contributed by atoms with E-state index in [9.17, 15) is 4.79 Å². The third-order valence-corrected chi connectivity index (χ3v) is 3.84. The summed E-state index contributed by atoms with van der Waals surface area (Å²) in [6, 6.07) is 0.495. The second-order valence-corrected chi connectivity index (χ2v) is 6.02. The van der Waals surface area contributed by atoms with Crippen molar-refractivity contribution in [2.45, 2.75) is 76.8 Å². The van der Waals surface area contributed by atoms with E-state index in [0.717, 1.165) is 32.5 Å². The Morgan fingerprint density at radius 2 is 1.90 bits per heavy atom. The van der Waals surface area contributed by atoms with E-state index in [1.54, 1.807) is 0 Å². The van der Waals surface area contributed by atoms with Crippen molar-refractivity contribution < 1.29 is 14.3 Å². The van der Waals surface area contributed by atoms with E-state index in [1.807, 2.05) is 6.92 Å². The lowest BCUT2D eigenvalue weighted by Crippen LogP contribution is -2.51. The van der Waals surface area contributed by atoms with Crippen molar-refractivity contribution in [3.05, 3.63) is 0 Å². The highest BCUT2D eigenvalue weighted by Gasteiger charge is 2.38. The van der Waals surface area contributed by atoms with Gasteiger partial charge in [-0.1, -0.05) is 26.2 Å². The SMILES string of the molecule is CCCCCCOCCCC(C)(NC1CC1)C(=O)OC. The molecule has 0 aromatic rings. The molecule has 118 valence electrons. The van der Waals surface area contributed by atoms with Gasteiger partial charge in [0.15, 0.2) is 0 Å². The van der Waals surface area contributed by atoms with Gasteiger partial charge in [-0.3, -0.25) is 10.1 Å². The van der Waals surface area contributed by atoms with E-state index < -0.39 is 5.54 Å². The monoisotopic (exact) mass is 285 g/mol. The topological polar surface area (TPSA) is 47.6 Å². The average Bonchev–Trinajstić information content (AvgIpc) is 3.24. The highest BCUT2D eigenvalue weighted by molar-refractivity contribution is 5.80. The van der Waals surface area contributed by atoms with Gasteiger partial charge in [-0.05, 0) is 39.0 Å². The Hall–Kier alpha value is -0.610. The van der Waals surface area contributed by atoms with Gasteiger partial charge in [0.2, 0.25) is 0 Å². The van der Waals surface area contributed by atoms with Crippen LogP contribution in [0.4, 0.5) is 0 Å². The molecule has 1 aliphatic carbocycles. The first-order chi connectivity index (χ1) is 9.62. The lowest BCUT2D eigenvalue weighted by Gasteiger charge is -2.28. The van der Waals surface area contributed by atoms with Crippen molar-refractivity contribution in [1.82, 2.24) is 5.32 Å². The molecule has 0 radical (unpaired) electrons. The maximum Gasteiger partial charge on any atom is 0.325 e. The third kappa shape index (κ3) is 6.71. The lowest BCUT2D eigenvalue weighted by molar-refractivity contribution is -0.148. The van der Waals surface area contributed by atoms with Crippen LogP contribution < -0.4 is 5.32 Å². The summed E-state index contributed by atoms with van der Waals surface area (Å²) < 4.78 is 10.6. The van der Waals surface area contributed by atoms with Gasteiger partial charge in [0.1, 0.15) is 5.54 Å². The molecule has 1 fully saturated rings. The number of nitrogens with one attached hydrogen (secondary N) is 1. The number of hydrogen-bond acceptors (Lipinski definition) is 4. The molecule has 0 amide bonds. The standard InChI is InChI=1S/C16H31NO3/c1-4-5-6-7-12-20-13-8-11-16(2,15(18)19-3)17-14-9-10-14/h14,17H,4-13H2,1-3H3. The molecule has 0 spiro atoms. The number of unbranched alkanes of at least 4 members (excludes halogenated alkanes) is 3. The molecule has 1 atom stereocenters. The Balaban J connectivity index is 2.13. The Labute approximate surface area is 123 Å². The predicted octanol–water partition coefficient (Wildman–Crippen LogP) is 3.05. The number of methoxy groups -OCH3 is 1. The lowest BCUT2D eigenvalue weighted by atomic mass is 9.96. The minimum Gasteiger partial charge on any atom is -0.468 e. The van der Waals surface area contributed by atoms with Gasteiger partial charge in [0, 0.05) is 19.3 Å². The van der Waals surface area contributed by atoms with Crippen LogP contribution in [0, 0.1) is 0 Å². The van der Waals surface area contributed by atoms with Crippen LogP contribution in [-0.2, 0) is 14.3 Å². The fraction of sp³-hybridized carbons (Fsp3) is 0.938. The normalized spacial score (nSPS) is 17.8. The summed E-state index contributed by atoms with van der Waals surface area (Å²) in [5.41, 5.74) is -0.554. The van der Waals surface area contributed by atoms with Crippen molar-refractivity contribution in [3.8, 4) is 0 Å². The fourth-order valence-electron chi connectivity index (χ4n) is 2.40. The summed E-state index contributed by atoms with van der Waals surface area (Å²) in [6.07, 6.45) is 8.92. The van der Waals surface area contributed by atoms with E-state index in [0.29, 0.717) is 6.04 Å². The zero-order valence-electron chi connectivity index (χ0n) is 13.4. The van der Waals surface area contributed by atoms with Crippen LogP contribution in [0.5, 0.6) is 0 Å². The van der Waals surface area contributed by atoms with Crippen molar-refractivity contribution in [1.29, 1.82) is 0 Å². The van der Waals surface area contributed by atoms with Crippen molar-refractivity contribution in [2.75, 3.05) is 20.3 Å². The molecule has 0 heterocycles. The number of carbonyl (C=O) groups excluding carboxylic acids is 1. The van der Waals surface area contributed by atoms with E-state index in [1.165, 1.54) is 39.2 Å². The maximum absolute atomic E-state index is 11.9. The van der Waals surface area contributed by atoms with Crippen LogP contribution in [0.25, 0.3) is 0 Å². The van der Waals surface area contributed by atoms with Crippen molar-refractivity contribution in [2.24, 2.45) is 0 Å². The summed E-state index contributed by atoms with van der Waals surface area (Å²) in [5.74, 6) is -0.160. The summed E-state index contributed by atoms with van der Waals surface area (Å²) in [5, 5.41) is 3.41. The average molecular weight is 285 g/mol. The molecular formula is C16H31NO3. The van der Waals surface area contributed by atoms with Crippen LogP contribution in [-0.4, -0.2) is 37.9 Å². The third-order valence-electron chi connectivity index (χ3n) is 3.84. The minimum absolute atomic E-state index is 0.160. The first-order valence-corrected chi connectivity index (χ1v) is 8.06. The highest BCUT2D eigenvalue weighted by Crippen LogP contribution is 2.25. The summed E-state index contributed by atoms with van der Waals surface area (Å²) in [4.78, 5) is 11.9. The molecule has 1 unspecified atom stereocenters. The summed E-state index contributed by atoms with van der Waals surface area (Å²) in [6.45, 7) is 5.72. The van der Waals surface area contributed by atoms with Gasteiger partial charge in [0.25, 0.3) is 0 Å². The Morgan fingerprint density at radius 1 is 1.20 bits per heavy atom. The Kier molecular flexibility index (Phi) is 8.15. The largest absolute Gasteiger partial charge is 0.468 e. The number of carbonyl (C=O) groups is 1. The zero-order valence-corrected chi connectivity index (χ0v) is 13.4. The Morgan fingerprint density at radius 3 is 2.50 bits per heavy atom. The molecule has 0 aliphatic heterocycles. The number of rotatable bonds is 12. The molecule has 4 heteroatoms. The number of ether oxygens (including phenoxy) is 2. The van der Waals surface area contributed by atoms with Crippen LogP contribution >= 0.6 is 0 Å². The highest BCUT2D eigenvalue weighted by atomic mass is 16.5. The summed E-state index contributed by atoms with van der Waals surface area (Å²) >= 11 is 0. The molecule has 0 saturated heterocycles. The van der Waals surface area contributed by atoms with Gasteiger partial charge in [-0.25, -0.2) is 0 Å². The van der Waals surface area contributed by atoms with Crippen molar-refractivity contribution in [3.63, 3.8) is 0 Å². The van der Waals surface area contributed by atoms with Gasteiger partial charge >= 0.3 is 5.97 Å². The maximum atomic E-state index is 11.9. The predicted molar refractivity (Wildman–Crippen MR) is 80.8 cm³/mol. The molecular weight excluding hydrogens is 254 g/mol. The van der Waals surface area contributed by atoms with Gasteiger partial charge < -0.3 is 9.47 Å². The number of esters is 1. The van der Waals surface area contributed by atoms with Gasteiger partial charge in [-0.15, -0.1) is 0 Å². The van der Waals surface area contributed by atoms with Gasteiger partial charge in [0.05, 0.1) is 7.11 Å². The first kappa shape index (κ1) is 17.4. The zero-order chi connectivity index (χ0) is 14.8. The second kappa shape index (κ2) is 9.35.